The van der Waals surface area contributed by atoms with Crippen molar-refractivity contribution in [3.63, 3.8) is 0 Å². The van der Waals surface area contributed by atoms with Crippen LogP contribution in [0.5, 0.6) is 0 Å². The molecular formula is C19H24N2O3S. The highest BCUT2D eigenvalue weighted by Gasteiger charge is 2.26. The first-order chi connectivity index (χ1) is 12.2. The standard InChI is InChI=1S/C19H24N2O3S/c1-2-3-10-16(22)21-19-17(14-8-4-5-9-15(14)25-19)18(23)20-12-13-7-6-11-24-13/h6-7,11H,2-5,8-10,12H2,1H3,(H,20,23)(H,21,22). The van der Waals surface area contributed by atoms with Crippen molar-refractivity contribution in [2.24, 2.45) is 0 Å². The summed E-state index contributed by atoms with van der Waals surface area (Å²) in [6.07, 6.45) is 8.04. The molecule has 2 heterocycles. The van der Waals surface area contributed by atoms with Crippen molar-refractivity contribution in [2.45, 2.75) is 58.4 Å². The number of carbonyl (C=O) groups excluding carboxylic acids is 2. The molecule has 0 saturated heterocycles. The van der Waals surface area contributed by atoms with Crippen LogP contribution < -0.4 is 10.6 Å². The Balaban J connectivity index is 1.78. The SMILES string of the molecule is CCCCC(=O)Nc1sc2c(c1C(=O)NCc1ccco1)CCCC2. The van der Waals surface area contributed by atoms with Crippen LogP contribution in [0.15, 0.2) is 22.8 Å². The van der Waals surface area contributed by atoms with Crippen molar-refractivity contribution < 1.29 is 14.0 Å². The van der Waals surface area contributed by atoms with Crippen molar-refractivity contribution in [2.75, 3.05) is 5.32 Å². The van der Waals surface area contributed by atoms with Gasteiger partial charge in [-0.05, 0) is 49.8 Å². The van der Waals surface area contributed by atoms with E-state index in [9.17, 15) is 9.59 Å². The number of carbonyl (C=O) groups is 2. The molecule has 0 fully saturated rings. The summed E-state index contributed by atoms with van der Waals surface area (Å²) in [5.41, 5.74) is 1.76. The van der Waals surface area contributed by atoms with Crippen LogP contribution in [0.3, 0.4) is 0 Å². The van der Waals surface area contributed by atoms with Crippen LogP contribution in [0, 0.1) is 0 Å². The molecule has 2 aromatic heterocycles. The Kier molecular flexibility index (Phi) is 5.91. The van der Waals surface area contributed by atoms with Crippen molar-refractivity contribution >= 4 is 28.2 Å². The Hall–Kier alpha value is -2.08. The van der Waals surface area contributed by atoms with E-state index in [4.69, 9.17) is 4.42 Å². The van der Waals surface area contributed by atoms with Crippen molar-refractivity contribution in [1.29, 1.82) is 0 Å². The van der Waals surface area contributed by atoms with E-state index in [0.717, 1.165) is 44.1 Å². The summed E-state index contributed by atoms with van der Waals surface area (Å²) in [6, 6.07) is 3.63. The number of hydrogen-bond donors (Lipinski definition) is 2. The number of thiophene rings is 1. The first-order valence-corrected chi connectivity index (χ1v) is 9.75. The van der Waals surface area contributed by atoms with Crippen LogP contribution in [0.4, 0.5) is 5.00 Å². The molecule has 1 aliphatic rings. The van der Waals surface area contributed by atoms with Gasteiger partial charge < -0.3 is 15.1 Å². The lowest BCUT2D eigenvalue weighted by Gasteiger charge is -2.13. The maximum atomic E-state index is 12.8. The van der Waals surface area contributed by atoms with Gasteiger partial charge in [0, 0.05) is 11.3 Å². The van der Waals surface area contributed by atoms with Crippen molar-refractivity contribution in [3.8, 4) is 0 Å². The number of furan rings is 1. The fourth-order valence-corrected chi connectivity index (χ4v) is 4.39. The zero-order chi connectivity index (χ0) is 17.6. The number of nitrogens with one attached hydrogen (secondary N) is 2. The smallest absolute Gasteiger partial charge is 0.254 e. The summed E-state index contributed by atoms with van der Waals surface area (Å²) in [5.74, 6) is 0.563. The van der Waals surface area contributed by atoms with Crippen molar-refractivity contribution in [1.82, 2.24) is 5.32 Å². The largest absolute Gasteiger partial charge is 0.467 e. The molecule has 2 amide bonds. The lowest BCUT2D eigenvalue weighted by atomic mass is 9.95. The minimum Gasteiger partial charge on any atom is -0.467 e. The molecule has 2 aromatic rings. The molecule has 0 bridgehead atoms. The number of hydrogen-bond acceptors (Lipinski definition) is 4. The van der Waals surface area contributed by atoms with Gasteiger partial charge >= 0.3 is 0 Å². The molecule has 25 heavy (non-hydrogen) atoms. The van der Waals surface area contributed by atoms with E-state index < -0.39 is 0 Å². The van der Waals surface area contributed by atoms with Gasteiger partial charge in [-0.15, -0.1) is 11.3 Å². The van der Waals surface area contributed by atoms with Crippen molar-refractivity contribution in [3.05, 3.63) is 40.2 Å². The van der Waals surface area contributed by atoms with Crippen LogP contribution in [0.2, 0.25) is 0 Å². The average molecular weight is 360 g/mol. The van der Waals surface area contributed by atoms with Gasteiger partial charge in [0.15, 0.2) is 0 Å². The molecule has 0 saturated carbocycles. The zero-order valence-corrected chi connectivity index (χ0v) is 15.3. The normalized spacial score (nSPS) is 13.3. The van der Waals surface area contributed by atoms with E-state index in [2.05, 4.69) is 17.6 Å². The van der Waals surface area contributed by atoms with E-state index in [0.29, 0.717) is 29.3 Å². The first kappa shape index (κ1) is 17.7. The summed E-state index contributed by atoms with van der Waals surface area (Å²) >= 11 is 1.56. The summed E-state index contributed by atoms with van der Waals surface area (Å²) in [6.45, 7) is 2.41. The van der Waals surface area contributed by atoms with Gasteiger partial charge in [-0.3, -0.25) is 9.59 Å². The lowest BCUT2D eigenvalue weighted by molar-refractivity contribution is -0.116. The van der Waals surface area contributed by atoms with E-state index in [-0.39, 0.29) is 11.8 Å². The molecule has 3 rings (SSSR count). The molecule has 134 valence electrons. The molecule has 0 spiro atoms. The summed E-state index contributed by atoms with van der Waals surface area (Å²) < 4.78 is 5.27. The Morgan fingerprint density at radius 1 is 1.28 bits per heavy atom. The van der Waals surface area contributed by atoms with Gasteiger partial charge in [0.25, 0.3) is 5.91 Å². The lowest BCUT2D eigenvalue weighted by Crippen LogP contribution is -2.25. The molecule has 2 N–H and O–H groups in total. The van der Waals surface area contributed by atoms with E-state index in [1.54, 1.807) is 23.7 Å². The Labute approximate surface area is 151 Å². The second-order valence-electron chi connectivity index (χ2n) is 6.33. The van der Waals surface area contributed by atoms with Crippen LogP contribution in [-0.2, 0) is 24.2 Å². The number of unbranched alkanes of at least 4 members (excludes halogenated alkanes) is 1. The number of amides is 2. The fraction of sp³-hybridized carbons (Fsp3) is 0.474. The number of anilines is 1. The van der Waals surface area contributed by atoms with Gasteiger partial charge in [0.1, 0.15) is 10.8 Å². The second-order valence-corrected chi connectivity index (χ2v) is 7.43. The number of fused-ring (bicyclic) bond motifs is 1. The molecule has 0 atom stereocenters. The maximum Gasteiger partial charge on any atom is 0.254 e. The van der Waals surface area contributed by atoms with Gasteiger partial charge in [0.05, 0.1) is 18.4 Å². The molecule has 0 aliphatic heterocycles. The van der Waals surface area contributed by atoms with Crippen LogP contribution in [0.1, 0.15) is 65.6 Å². The highest BCUT2D eigenvalue weighted by Crippen LogP contribution is 2.38. The summed E-state index contributed by atoms with van der Waals surface area (Å²) in [4.78, 5) is 26.2. The van der Waals surface area contributed by atoms with Gasteiger partial charge in [-0.2, -0.15) is 0 Å². The zero-order valence-electron chi connectivity index (χ0n) is 14.5. The fourth-order valence-electron chi connectivity index (χ4n) is 3.09. The second kappa shape index (κ2) is 8.34. The first-order valence-electron chi connectivity index (χ1n) is 8.94. The molecule has 0 radical (unpaired) electrons. The monoisotopic (exact) mass is 360 g/mol. The Morgan fingerprint density at radius 3 is 2.88 bits per heavy atom. The molecule has 0 unspecified atom stereocenters. The van der Waals surface area contributed by atoms with Crippen LogP contribution >= 0.6 is 11.3 Å². The van der Waals surface area contributed by atoms with Gasteiger partial charge in [-0.1, -0.05) is 13.3 Å². The molecule has 1 aliphatic carbocycles. The maximum absolute atomic E-state index is 12.8. The predicted octanol–water partition coefficient (Wildman–Crippen LogP) is 4.28. The minimum absolute atomic E-state index is 0.0134. The Morgan fingerprint density at radius 2 is 2.12 bits per heavy atom. The molecular weight excluding hydrogens is 336 g/mol. The average Bonchev–Trinajstić information content (AvgIpc) is 3.25. The van der Waals surface area contributed by atoms with Crippen LogP contribution in [0.25, 0.3) is 0 Å². The highest BCUT2D eigenvalue weighted by molar-refractivity contribution is 7.17. The molecule has 5 nitrogen and oxygen atoms in total. The number of rotatable bonds is 7. The number of aryl methyl sites for hydroxylation is 1. The minimum atomic E-state index is -0.137. The topological polar surface area (TPSA) is 71.3 Å². The summed E-state index contributed by atoms with van der Waals surface area (Å²) in [7, 11) is 0. The van der Waals surface area contributed by atoms with Gasteiger partial charge in [0.2, 0.25) is 5.91 Å². The van der Waals surface area contributed by atoms with E-state index in [1.165, 1.54) is 4.88 Å². The Bertz CT molecular complexity index is 734. The van der Waals surface area contributed by atoms with E-state index >= 15 is 0 Å². The predicted molar refractivity (Wildman–Crippen MR) is 99.0 cm³/mol. The highest BCUT2D eigenvalue weighted by atomic mass is 32.1. The van der Waals surface area contributed by atoms with Crippen LogP contribution in [-0.4, -0.2) is 11.8 Å². The third-order valence-corrected chi connectivity index (χ3v) is 5.62. The quantitative estimate of drug-likeness (QED) is 0.774. The van der Waals surface area contributed by atoms with Gasteiger partial charge in [-0.25, -0.2) is 0 Å². The molecule has 0 aromatic carbocycles. The molecule has 6 heteroatoms. The summed E-state index contributed by atoms with van der Waals surface area (Å²) in [5, 5.41) is 6.59. The third kappa shape index (κ3) is 4.31. The third-order valence-electron chi connectivity index (χ3n) is 4.41. The van der Waals surface area contributed by atoms with E-state index in [1.807, 2.05) is 6.07 Å².